The maximum Gasteiger partial charge on any atom is 0.407 e. The molecule has 1 aliphatic carbocycles. The summed E-state index contributed by atoms with van der Waals surface area (Å²) in [7, 11) is 0. The minimum Gasteiger partial charge on any atom is -0.444 e. The minimum absolute atomic E-state index is 0.279. The standard InChI is InChI=1S/C19H38N2O2/c1-5-6-7-8-9-10-11-12-13-20-16-14-17(15-16)21-18(22)23-19(2,3)4/h16-17,20H,5-15H2,1-4H3,(H,21,22). The second-order valence-corrected chi connectivity index (χ2v) is 7.94. The van der Waals surface area contributed by atoms with Gasteiger partial charge in [0.25, 0.3) is 0 Å². The number of unbranched alkanes of at least 4 members (excludes halogenated alkanes) is 7. The van der Waals surface area contributed by atoms with Gasteiger partial charge in [-0.1, -0.05) is 51.9 Å². The van der Waals surface area contributed by atoms with E-state index in [0.29, 0.717) is 6.04 Å². The molecule has 0 heterocycles. The average molecular weight is 327 g/mol. The molecule has 0 aromatic carbocycles. The lowest BCUT2D eigenvalue weighted by Gasteiger charge is -2.36. The number of ether oxygens (including phenoxy) is 1. The van der Waals surface area contributed by atoms with Crippen LogP contribution in [0.3, 0.4) is 0 Å². The molecule has 136 valence electrons. The van der Waals surface area contributed by atoms with Gasteiger partial charge in [-0.25, -0.2) is 4.79 Å². The molecule has 1 saturated carbocycles. The van der Waals surface area contributed by atoms with Crippen LogP contribution in [0.5, 0.6) is 0 Å². The largest absolute Gasteiger partial charge is 0.444 e. The van der Waals surface area contributed by atoms with Crippen molar-refractivity contribution in [3.05, 3.63) is 0 Å². The predicted molar refractivity (Wildman–Crippen MR) is 96.8 cm³/mol. The summed E-state index contributed by atoms with van der Waals surface area (Å²) in [5.41, 5.74) is -0.415. The van der Waals surface area contributed by atoms with Gasteiger partial charge in [0.1, 0.15) is 5.60 Å². The molecule has 0 atom stereocenters. The van der Waals surface area contributed by atoms with E-state index >= 15 is 0 Å². The molecule has 1 fully saturated rings. The van der Waals surface area contributed by atoms with Crippen molar-refractivity contribution in [2.45, 2.75) is 110 Å². The Balaban J connectivity index is 1.88. The van der Waals surface area contributed by atoms with Crippen molar-refractivity contribution in [3.63, 3.8) is 0 Å². The zero-order valence-corrected chi connectivity index (χ0v) is 15.7. The molecule has 0 aliphatic heterocycles. The number of alkyl carbamates (subject to hydrolysis) is 1. The van der Waals surface area contributed by atoms with Crippen molar-refractivity contribution < 1.29 is 9.53 Å². The Morgan fingerprint density at radius 2 is 1.52 bits per heavy atom. The van der Waals surface area contributed by atoms with Crippen LogP contribution in [0, 0.1) is 0 Å². The summed E-state index contributed by atoms with van der Waals surface area (Å²) in [5.74, 6) is 0. The molecule has 1 aliphatic rings. The van der Waals surface area contributed by atoms with Gasteiger partial charge < -0.3 is 15.4 Å². The fraction of sp³-hybridized carbons (Fsp3) is 0.947. The Labute approximate surface area is 143 Å². The Hall–Kier alpha value is -0.770. The molecule has 0 aromatic rings. The monoisotopic (exact) mass is 326 g/mol. The van der Waals surface area contributed by atoms with Gasteiger partial charge in [-0.15, -0.1) is 0 Å². The van der Waals surface area contributed by atoms with Gasteiger partial charge in [0, 0.05) is 12.1 Å². The molecule has 0 bridgehead atoms. The van der Waals surface area contributed by atoms with E-state index < -0.39 is 5.60 Å². The van der Waals surface area contributed by atoms with Crippen LogP contribution in [0.1, 0.15) is 91.9 Å². The topological polar surface area (TPSA) is 50.4 Å². The number of rotatable bonds is 11. The van der Waals surface area contributed by atoms with E-state index in [-0.39, 0.29) is 12.1 Å². The molecule has 1 rings (SSSR count). The highest BCUT2D eigenvalue weighted by Gasteiger charge is 2.30. The summed E-state index contributed by atoms with van der Waals surface area (Å²) in [6, 6.07) is 0.848. The third-order valence-electron chi connectivity index (χ3n) is 4.32. The third-order valence-corrected chi connectivity index (χ3v) is 4.32. The van der Waals surface area contributed by atoms with E-state index in [4.69, 9.17) is 4.74 Å². The van der Waals surface area contributed by atoms with Crippen molar-refractivity contribution in [3.8, 4) is 0 Å². The average Bonchev–Trinajstić information content (AvgIpc) is 2.40. The van der Waals surface area contributed by atoms with Gasteiger partial charge in [0.2, 0.25) is 0 Å². The Morgan fingerprint density at radius 1 is 0.957 bits per heavy atom. The lowest BCUT2D eigenvalue weighted by molar-refractivity contribution is 0.0465. The molecular weight excluding hydrogens is 288 g/mol. The fourth-order valence-electron chi connectivity index (χ4n) is 2.94. The maximum absolute atomic E-state index is 11.6. The maximum atomic E-state index is 11.6. The van der Waals surface area contributed by atoms with Gasteiger partial charge in [-0.2, -0.15) is 0 Å². The molecule has 4 heteroatoms. The van der Waals surface area contributed by atoms with Gasteiger partial charge >= 0.3 is 6.09 Å². The summed E-state index contributed by atoms with van der Waals surface area (Å²) < 4.78 is 5.27. The van der Waals surface area contributed by atoms with E-state index in [9.17, 15) is 4.79 Å². The summed E-state index contributed by atoms with van der Waals surface area (Å²) in [4.78, 5) is 11.6. The first-order valence-corrected chi connectivity index (χ1v) is 9.63. The second-order valence-electron chi connectivity index (χ2n) is 7.94. The first kappa shape index (κ1) is 20.3. The third kappa shape index (κ3) is 10.6. The highest BCUT2D eigenvalue weighted by Crippen LogP contribution is 2.20. The summed E-state index contributed by atoms with van der Waals surface area (Å²) in [6.45, 7) is 9.04. The minimum atomic E-state index is -0.415. The van der Waals surface area contributed by atoms with Crippen LogP contribution < -0.4 is 10.6 Å². The number of amides is 1. The van der Waals surface area contributed by atoms with E-state index in [1.54, 1.807) is 0 Å². The number of hydrogen-bond donors (Lipinski definition) is 2. The van der Waals surface area contributed by atoms with Crippen LogP contribution in [0.2, 0.25) is 0 Å². The molecule has 23 heavy (non-hydrogen) atoms. The van der Waals surface area contributed by atoms with Crippen LogP contribution in [-0.4, -0.2) is 30.3 Å². The second kappa shape index (κ2) is 10.9. The van der Waals surface area contributed by atoms with E-state index in [1.165, 1.54) is 51.4 Å². The van der Waals surface area contributed by atoms with Crippen molar-refractivity contribution >= 4 is 6.09 Å². The summed E-state index contributed by atoms with van der Waals surface area (Å²) >= 11 is 0. The molecule has 0 aromatic heterocycles. The van der Waals surface area contributed by atoms with E-state index in [0.717, 1.165) is 19.4 Å². The summed E-state index contributed by atoms with van der Waals surface area (Å²) in [6.07, 6.45) is 12.7. The molecule has 4 nitrogen and oxygen atoms in total. The Bertz CT molecular complexity index is 320. The van der Waals surface area contributed by atoms with Crippen LogP contribution in [0.15, 0.2) is 0 Å². The first-order chi connectivity index (χ1) is 10.9. The zero-order valence-electron chi connectivity index (χ0n) is 15.7. The molecule has 1 amide bonds. The molecule has 0 unspecified atom stereocenters. The Kier molecular flexibility index (Phi) is 9.61. The Morgan fingerprint density at radius 3 is 2.09 bits per heavy atom. The lowest BCUT2D eigenvalue weighted by atomic mass is 9.87. The first-order valence-electron chi connectivity index (χ1n) is 9.63. The van der Waals surface area contributed by atoms with E-state index in [2.05, 4.69) is 17.6 Å². The van der Waals surface area contributed by atoms with Crippen molar-refractivity contribution in [1.29, 1.82) is 0 Å². The summed E-state index contributed by atoms with van der Waals surface area (Å²) in [5, 5.41) is 6.53. The smallest absolute Gasteiger partial charge is 0.407 e. The van der Waals surface area contributed by atoms with Crippen molar-refractivity contribution in [1.82, 2.24) is 10.6 Å². The lowest BCUT2D eigenvalue weighted by Crippen LogP contribution is -2.53. The van der Waals surface area contributed by atoms with Crippen LogP contribution in [-0.2, 0) is 4.74 Å². The van der Waals surface area contributed by atoms with Crippen molar-refractivity contribution in [2.24, 2.45) is 0 Å². The van der Waals surface area contributed by atoms with E-state index in [1.807, 2.05) is 20.8 Å². The van der Waals surface area contributed by atoms with Crippen LogP contribution in [0.25, 0.3) is 0 Å². The van der Waals surface area contributed by atoms with Gasteiger partial charge in [-0.3, -0.25) is 0 Å². The molecule has 2 N–H and O–H groups in total. The highest BCUT2D eigenvalue weighted by atomic mass is 16.6. The highest BCUT2D eigenvalue weighted by molar-refractivity contribution is 5.68. The zero-order chi connectivity index (χ0) is 17.1. The van der Waals surface area contributed by atoms with Crippen LogP contribution >= 0.6 is 0 Å². The quantitative estimate of drug-likeness (QED) is 0.538. The van der Waals surface area contributed by atoms with Crippen molar-refractivity contribution in [2.75, 3.05) is 6.54 Å². The fourth-order valence-corrected chi connectivity index (χ4v) is 2.94. The molecular formula is C19H38N2O2. The SMILES string of the molecule is CCCCCCCCCCNC1CC(NC(=O)OC(C)(C)C)C1. The number of carbonyl (C=O) groups is 1. The number of hydrogen-bond acceptors (Lipinski definition) is 3. The van der Waals surface area contributed by atoms with Gasteiger partial charge in [-0.05, 0) is 46.6 Å². The van der Waals surface area contributed by atoms with Gasteiger partial charge in [0.15, 0.2) is 0 Å². The number of nitrogens with one attached hydrogen (secondary N) is 2. The molecule has 0 radical (unpaired) electrons. The van der Waals surface area contributed by atoms with Crippen LogP contribution in [0.4, 0.5) is 4.79 Å². The normalized spacial score (nSPS) is 20.9. The predicted octanol–water partition coefficient (Wildman–Crippen LogP) is 4.77. The molecule has 0 spiro atoms. The molecule has 0 saturated heterocycles. The number of carbonyl (C=O) groups excluding carboxylic acids is 1. The van der Waals surface area contributed by atoms with Gasteiger partial charge in [0.05, 0.1) is 0 Å².